The van der Waals surface area contributed by atoms with Crippen LogP contribution in [0.2, 0.25) is 5.02 Å². The van der Waals surface area contributed by atoms with E-state index in [2.05, 4.69) is 5.32 Å². The van der Waals surface area contributed by atoms with Crippen LogP contribution in [0.4, 0.5) is 0 Å². The lowest BCUT2D eigenvalue weighted by Crippen LogP contribution is -2.66. The largest absolute Gasteiger partial charge is 0.480 e. The van der Waals surface area contributed by atoms with E-state index < -0.39 is 48.7 Å². The molecule has 0 aliphatic carbocycles. The van der Waals surface area contributed by atoms with Crippen molar-refractivity contribution in [3.8, 4) is 0 Å². The second-order valence-corrected chi connectivity index (χ2v) is 8.90. The van der Waals surface area contributed by atoms with E-state index in [-0.39, 0.29) is 12.5 Å². The molecule has 172 valence electrons. The van der Waals surface area contributed by atoms with Crippen molar-refractivity contribution in [3.05, 3.63) is 53.4 Å². The Bertz CT molecular complexity index is 924. The molecule has 2 fully saturated rings. The summed E-state index contributed by atoms with van der Waals surface area (Å²) in [6.07, 6.45) is -1.35. The molecule has 6 atom stereocenters. The van der Waals surface area contributed by atoms with Crippen LogP contribution in [0.1, 0.15) is 19.0 Å². The molecule has 0 radical (unpaired) electrons. The average Bonchev–Trinajstić information content (AvgIpc) is 3.29. The van der Waals surface area contributed by atoms with E-state index in [1.54, 1.807) is 24.3 Å². The van der Waals surface area contributed by atoms with Crippen molar-refractivity contribution in [2.75, 3.05) is 13.2 Å². The molecule has 3 heterocycles. The fourth-order valence-corrected chi connectivity index (χ4v) is 4.90. The van der Waals surface area contributed by atoms with Gasteiger partial charge >= 0.3 is 5.97 Å². The summed E-state index contributed by atoms with van der Waals surface area (Å²) in [4.78, 5) is 24.1. The maximum absolute atomic E-state index is 12.0. The molecule has 4 rings (SSSR count). The molecule has 32 heavy (non-hydrogen) atoms. The number of hydrogen-bond acceptors (Lipinski definition) is 8. The van der Waals surface area contributed by atoms with E-state index in [0.29, 0.717) is 10.8 Å². The van der Waals surface area contributed by atoms with Gasteiger partial charge in [0.1, 0.15) is 30.4 Å². The quantitative estimate of drug-likeness (QED) is 0.613. The number of ether oxygens (including phenoxy) is 4. The van der Waals surface area contributed by atoms with Crippen LogP contribution in [-0.2, 0) is 28.5 Å². The van der Waals surface area contributed by atoms with E-state index in [1.807, 2.05) is 12.1 Å². The molecule has 0 saturated carbocycles. The van der Waals surface area contributed by atoms with E-state index in [9.17, 15) is 14.7 Å². The Balaban J connectivity index is 1.61. The number of fused-ring (bicyclic) bond motifs is 1. The molecule has 2 aliphatic heterocycles. The number of carboxylic acids is 1. The fraction of sp³-hybridized carbons (Fsp3) is 0.429. The third-order valence-corrected chi connectivity index (χ3v) is 6.38. The molecular formula is C21H22ClNO8S. The van der Waals surface area contributed by atoms with Gasteiger partial charge in [0.2, 0.25) is 12.2 Å². The molecular weight excluding hydrogens is 462 g/mol. The van der Waals surface area contributed by atoms with Crippen molar-refractivity contribution >= 4 is 35.2 Å². The van der Waals surface area contributed by atoms with Crippen molar-refractivity contribution in [2.24, 2.45) is 0 Å². The lowest BCUT2D eigenvalue weighted by Gasteiger charge is -2.48. The minimum absolute atomic E-state index is 0.174. The number of aliphatic carboxylic acids is 1. The molecule has 1 amide bonds. The number of carboxylic acid groups (broad SMARTS) is 1. The first-order valence-corrected chi connectivity index (χ1v) is 11.1. The number of benzene rings is 1. The van der Waals surface area contributed by atoms with Gasteiger partial charge in [0, 0.05) is 16.8 Å². The normalized spacial score (nSPS) is 29.8. The highest BCUT2D eigenvalue weighted by Gasteiger charge is 2.51. The molecule has 0 bridgehead atoms. The summed E-state index contributed by atoms with van der Waals surface area (Å²) in [6, 6.07) is 9.91. The van der Waals surface area contributed by atoms with Crippen LogP contribution in [-0.4, -0.2) is 60.0 Å². The van der Waals surface area contributed by atoms with E-state index >= 15 is 0 Å². The first kappa shape index (κ1) is 23.1. The zero-order chi connectivity index (χ0) is 22.7. The Morgan fingerprint density at radius 3 is 2.69 bits per heavy atom. The molecule has 9 nitrogen and oxygen atoms in total. The number of hydrogen-bond donors (Lipinski definition) is 2. The second kappa shape index (κ2) is 10.2. The maximum Gasteiger partial charge on any atom is 0.329 e. The van der Waals surface area contributed by atoms with Gasteiger partial charge in [-0.3, -0.25) is 4.79 Å². The van der Waals surface area contributed by atoms with Crippen molar-refractivity contribution in [1.29, 1.82) is 0 Å². The van der Waals surface area contributed by atoms with Crippen LogP contribution in [0.25, 0.3) is 0 Å². The minimum Gasteiger partial charge on any atom is -0.480 e. The second-order valence-electron chi connectivity index (χ2n) is 7.29. The Morgan fingerprint density at radius 2 is 2.03 bits per heavy atom. The van der Waals surface area contributed by atoms with Crippen LogP contribution >= 0.6 is 23.4 Å². The van der Waals surface area contributed by atoms with Gasteiger partial charge in [0.05, 0.1) is 18.9 Å². The Hall–Kier alpha value is -2.08. The van der Waals surface area contributed by atoms with Crippen molar-refractivity contribution in [3.63, 3.8) is 0 Å². The summed E-state index contributed by atoms with van der Waals surface area (Å²) in [6.45, 7) is 0.992. The average molecular weight is 484 g/mol. The smallest absolute Gasteiger partial charge is 0.329 e. The summed E-state index contributed by atoms with van der Waals surface area (Å²) >= 11 is 7.34. The molecule has 11 heteroatoms. The van der Waals surface area contributed by atoms with Crippen LogP contribution < -0.4 is 5.32 Å². The number of rotatable bonds is 7. The van der Waals surface area contributed by atoms with Gasteiger partial charge in [0.15, 0.2) is 5.76 Å². The van der Waals surface area contributed by atoms with Crippen LogP contribution in [0.3, 0.4) is 0 Å². The number of thioether (sulfide) groups is 1. The van der Waals surface area contributed by atoms with Gasteiger partial charge in [-0.05, 0) is 36.4 Å². The molecule has 0 spiro atoms. The Labute approximate surface area is 193 Å². The summed E-state index contributed by atoms with van der Waals surface area (Å²) in [5.41, 5.74) is -0.590. The highest BCUT2D eigenvalue weighted by atomic mass is 35.5. The van der Waals surface area contributed by atoms with Crippen LogP contribution in [0.5, 0.6) is 0 Å². The van der Waals surface area contributed by atoms with E-state index in [1.165, 1.54) is 24.9 Å². The van der Waals surface area contributed by atoms with Gasteiger partial charge in [-0.15, -0.1) is 0 Å². The molecule has 1 aromatic carbocycles. The molecule has 2 N–H and O–H groups in total. The predicted octanol–water partition coefficient (Wildman–Crippen LogP) is 2.84. The van der Waals surface area contributed by atoms with Crippen molar-refractivity contribution < 1.29 is 38.1 Å². The van der Waals surface area contributed by atoms with E-state index in [0.717, 1.165) is 4.90 Å². The predicted molar refractivity (Wildman–Crippen MR) is 113 cm³/mol. The SMILES string of the molecule is CC(=O)NC1C(Sc2ccc(Cl)cc2)OC2COC(c3ccco3)OC2C1OCC(=O)O. The lowest BCUT2D eigenvalue weighted by molar-refractivity contribution is -0.314. The summed E-state index contributed by atoms with van der Waals surface area (Å²) < 4.78 is 29.2. The topological polar surface area (TPSA) is 116 Å². The standard InChI is InChI=1S/C21H22ClNO8S/c1-11(24)23-17-19(28-10-16(25)26)18-15(9-29-20(31-18)14-3-2-8-27-14)30-21(17)32-13-6-4-12(22)5-7-13/h2-8,15,17-21H,9-10H2,1H3,(H,23,24)(H,25,26). The molecule has 1 aromatic heterocycles. The van der Waals surface area contributed by atoms with Crippen LogP contribution in [0.15, 0.2) is 52.0 Å². The third-order valence-electron chi connectivity index (χ3n) is 4.95. The monoisotopic (exact) mass is 483 g/mol. The van der Waals surface area contributed by atoms with Crippen molar-refractivity contribution in [1.82, 2.24) is 5.32 Å². The number of carbonyl (C=O) groups is 2. The summed E-state index contributed by atoms with van der Waals surface area (Å²) in [7, 11) is 0. The zero-order valence-electron chi connectivity index (χ0n) is 17.0. The Morgan fingerprint density at radius 1 is 1.25 bits per heavy atom. The number of halogens is 1. The molecule has 2 aromatic rings. The summed E-state index contributed by atoms with van der Waals surface area (Å²) in [5, 5.41) is 12.6. The van der Waals surface area contributed by atoms with Gasteiger partial charge in [-0.2, -0.15) is 0 Å². The van der Waals surface area contributed by atoms with Gasteiger partial charge in [0.25, 0.3) is 0 Å². The highest BCUT2D eigenvalue weighted by Crippen LogP contribution is 2.40. The first-order valence-electron chi connectivity index (χ1n) is 9.89. The fourth-order valence-electron chi connectivity index (χ4n) is 3.64. The Kier molecular flexibility index (Phi) is 7.39. The third kappa shape index (κ3) is 5.45. The number of nitrogens with one attached hydrogen (secondary N) is 1. The van der Waals surface area contributed by atoms with Crippen LogP contribution in [0, 0.1) is 0 Å². The van der Waals surface area contributed by atoms with Gasteiger partial charge < -0.3 is 33.8 Å². The number of furan rings is 1. The minimum atomic E-state index is -1.13. The highest BCUT2D eigenvalue weighted by molar-refractivity contribution is 7.99. The number of amides is 1. The number of carbonyl (C=O) groups excluding carboxylic acids is 1. The maximum atomic E-state index is 12.0. The molecule has 2 aliphatic rings. The molecule has 6 unspecified atom stereocenters. The van der Waals surface area contributed by atoms with E-state index in [4.69, 9.17) is 35.0 Å². The first-order chi connectivity index (χ1) is 15.4. The van der Waals surface area contributed by atoms with Gasteiger partial charge in [-0.25, -0.2) is 4.79 Å². The lowest BCUT2D eigenvalue weighted by atomic mass is 9.96. The van der Waals surface area contributed by atoms with Gasteiger partial charge in [-0.1, -0.05) is 23.4 Å². The van der Waals surface area contributed by atoms with Crippen molar-refractivity contribution in [2.45, 2.75) is 47.9 Å². The molecule has 2 saturated heterocycles. The summed E-state index contributed by atoms with van der Waals surface area (Å²) in [5.74, 6) is -0.974. The zero-order valence-corrected chi connectivity index (χ0v) is 18.6.